The summed E-state index contributed by atoms with van der Waals surface area (Å²) >= 11 is 7.18. The molecular formula is C83H95ClN10O24. The van der Waals surface area contributed by atoms with Crippen LogP contribution in [0.5, 0.6) is 46.0 Å². The number of primary amides is 1. The van der Waals surface area contributed by atoms with Crippen LogP contribution in [0.4, 0.5) is 9.59 Å². The Morgan fingerprint density at radius 2 is 1.25 bits per heavy atom. The molecule has 5 fully saturated rings. The summed E-state index contributed by atoms with van der Waals surface area (Å²) in [4.78, 5) is 152. The zero-order valence-corrected chi connectivity index (χ0v) is 66.2. The van der Waals surface area contributed by atoms with Crippen LogP contribution in [-0.2, 0) is 47.8 Å². The maximum Gasteiger partial charge on any atom is 0.413 e. The molecule has 6 aliphatic heterocycles. The van der Waals surface area contributed by atoms with Crippen LogP contribution in [0.15, 0.2) is 109 Å². The highest BCUT2D eigenvalue weighted by Gasteiger charge is 2.51. The zero-order chi connectivity index (χ0) is 84.9. The number of aliphatic hydroxyl groups is 6. The molecule has 6 aromatic carbocycles. The molecular weight excluding hydrogens is 1560 g/mol. The van der Waals surface area contributed by atoms with E-state index in [-0.39, 0.29) is 74.8 Å². The number of fused-ring (bicyclic) bond motifs is 15. The number of rotatable bonds is 14. The van der Waals surface area contributed by atoms with Gasteiger partial charge in [0.25, 0.3) is 5.91 Å². The van der Waals surface area contributed by atoms with E-state index in [1.54, 1.807) is 71.9 Å². The number of benzene rings is 6. The van der Waals surface area contributed by atoms with Crippen molar-refractivity contribution in [3.63, 3.8) is 0 Å². The average molecular weight is 1650 g/mol. The molecule has 35 heteroatoms. The maximum atomic E-state index is 16.3. The van der Waals surface area contributed by atoms with Crippen LogP contribution in [-0.4, -0.2) is 185 Å². The van der Waals surface area contributed by atoms with E-state index in [9.17, 15) is 60.0 Å². The highest BCUT2D eigenvalue weighted by molar-refractivity contribution is 6.32. The number of nitrogens with one attached hydrogen (secondary N) is 8. The van der Waals surface area contributed by atoms with E-state index in [4.69, 9.17) is 45.8 Å². The van der Waals surface area contributed by atoms with Crippen molar-refractivity contribution in [1.29, 1.82) is 0 Å². The first-order chi connectivity index (χ1) is 55.9. The summed E-state index contributed by atoms with van der Waals surface area (Å²) in [5.74, 6) is -14.3. The van der Waals surface area contributed by atoms with Crippen LogP contribution in [0.25, 0.3) is 11.1 Å². The first-order valence-corrected chi connectivity index (χ1v) is 39.2. The molecule has 18 N–H and O–H groups in total. The zero-order valence-electron chi connectivity index (χ0n) is 65.5. The summed E-state index contributed by atoms with van der Waals surface area (Å²) < 4.78 is 37.0. The van der Waals surface area contributed by atoms with Crippen LogP contribution in [0.3, 0.4) is 0 Å². The van der Waals surface area contributed by atoms with Gasteiger partial charge in [0.15, 0.2) is 17.5 Å². The third-order valence-electron chi connectivity index (χ3n) is 22.6. The van der Waals surface area contributed by atoms with Crippen molar-refractivity contribution in [1.82, 2.24) is 47.4 Å². The fourth-order valence-electron chi connectivity index (χ4n) is 16.8. The molecule has 0 spiro atoms. The van der Waals surface area contributed by atoms with Gasteiger partial charge in [-0.25, -0.2) is 9.59 Å². The molecule has 118 heavy (non-hydrogen) atoms. The molecule has 10 amide bonds. The monoisotopic (exact) mass is 1650 g/mol. The number of nitrogens with zero attached hydrogens (tertiary/aromatic N) is 1. The van der Waals surface area contributed by atoms with Crippen molar-refractivity contribution in [2.24, 2.45) is 35.3 Å². The first kappa shape index (κ1) is 84.5. The van der Waals surface area contributed by atoms with E-state index in [0.29, 0.717) is 17.4 Å². The molecule has 0 aromatic heterocycles. The van der Waals surface area contributed by atoms with Gasteiger partial charge in [0.1, 0.15) is 107 Å². The molecule has 6 aromatic rings. The van der Waals surface area contributed by atoms with Crippen molar-refractivity contribution < 1.29 is 117 Å². The van der Waals surface area contributed by atoms with Gasteiger partial charge in [-0.15, -0.1) is 0 Å². The first-order valence-electron chi connectivity index (χ1n) is 38.8. The number of likely N-dealkylation sites (N-methyl/N-ethyl adjacent to an activating group) is 1. The third-order valence-corrected chi connectivity index (χ3v) is 22.9. The minimum atomic E-state index is -2.60. The molecule has 0 radical (unpaired) electrons. The Balaban J connectivity index is 0.988. The van der Waals surface area contributed by atoms with Gasteiger partial charge in [0, 0.05) is 30.3 Å². The van der Waals surface area contributed by atoms with Crippen molar-refractivity contribution >= 4 is 71.0 Å². The quantitative estimate of drug-likeness (QED) is 0.0652. The Morgan fingerprint density at radius 1 is 0.644 bits per heavy atom. The van der Waals surface area contributed by atoms with Gasteiger partial charge < -0.3 is 118 Å². The number of halogens is 1. The molecule has 15 bridgehead atoms. The lowest BCUT2D eigenvalue weighted by molar-refractivity contribution is -0.277. The number of phenolic OH excluding ortho intramolecular Hbond substituents is 2. The molecule has 4 aliphatic carbocycles. The summed E-state index contributed by atoms with van der Waals surface area (Å²) in [6, 6.07) is 7.59. The molecule has 4 saturated carbocycles. The van der Waals surface area contributed by atoms with Crippen molar-refractivity contribution in [3.05, 3.63) is 153 Å². The minimum Gasteiger partial charge on any atom is -0.507 e. The number of nitrogens with two attached hydrogens (primary N) is 1. The van der Waals surface area contributed by atoms with Gasteiger partial charge in [-0.2, -0.15) is 0 Å². The minimum absolute atomic E-state index is 0.0264. The number of aromatic hydroxyl groups is 2. The Hall–Kier alpha value is -11.4. The second kappa shape index (κ2) is 34.3. The smallest absolute Gasteiger partial charge is 0.413 e. The van der Waals surface area contributed by atoms with Crippen molar-refractivity contribution in [3.8, 4) is 57.1 Å². The number of hydrogen-bond donors (Lipinski definition) is 17. The van der Waals surface area contributed by atoms with Crippen LogP contribution < -0.4 is 67.2 Å². The van der Waals surface area contributed by atoms with Gasteiger partial charge >= 0.3 is 12.2 Å². The normalized spacial score (nSPS) is 27.8. The Bertz CT molecular complexity index is 4900. The topological polar surface area (TPSA) is 513 Å². The number of carbonyl (C=O) groups is 10. The van der Waals surface area contributed by atoms with E-state index >= 15 is 28.8 Å². The highest BCUT2D eigenvalue weighted by Crippen LogP contribution is 2.55. The van der Waals surface area contributed by atoms with Crippen LogP contribution in [0, 0.1) is 36.5 Å². The fourth-order valence-corrected chi connectivity index (χ4v) is 17.1. The third kappa shape index (κ3) is 17.9. The van der Waals surface area contributed by atoms with Crippen molar-refractivity contribution in [2.45, 2.75) is 190 Å². The molecule has 10 aliphatic rings. The predicted octanol–water partition coefficient (Wildman–Crippen LogP) is 4.78. The van der Waals surface area contributed by atoms with Gasteiger partial charge in [0.05, 0.1) is 17.7 Å². The standard InChI is InChI=1S/C83H95ClN10O24/c1-34(2)20-50(94(8)82(112)118-83(5,6)7)73(104)91-63-66(98)41-15-18-53(35(3)21-41)114-55-29-45-30-56(71(55)117-80-70(102)69(101)68(100)57(33-95)116-80)115-54-19-16-42(28-49(54)84)67(99)64-77(108)90-62(76(107)87-59-43-23-37-22-38(25-43)26-44(59)24-37)48-31-46(113-81(111)86-36(4)39-12-10-9-11-13-39)32-52(97)58(48)47-27-40(14-17-51(47)96)60(74(105)92-64)88-75(106)61(45)89-79(110)65(72(85)103)93-78(63)109/h9-19,21,27-32,34,36-38,43-44,50,57,59-70,80,95-102H,20,22-26,33H2,1-8H3,(H2,85,103)(H,86,111)(H,87,107)(H,88,106)(H,89,110)(H,90,108)(H,91,104)(H,92,105)(H,93,109)/t36-,37?,38?,43?,44?,50+,57+,59?,60-,61+,62-,63+,64-,65?,66+,67+,68+,69-,70+,80?/m0/s1. The number of aliphatic hydroxyl groups excluding tert-OH is 6. The lowest BCUT2D eigenvalue weighted by atomic mass is 9.54. The SMILES string of the molecule is Cc1cc2ccc1Oc1cc3cc(c1OC1O[C@H](CO)[C@@H](O)[C@H](O)[C@H]1O)Oc1ccc(cc1Cl)[C@@H](O)[C@@H]1NC(=O)[C@@H](NC(=O)[C@@H]3NC(=O)C(C(N)=O)NC(=O)[C@H](NC(=O)[C@@H](CC(C)C)N(C)C(=O)OC(C)(C)C)[C@@H]2O)c2ccc(O)c(c2)-c2c(O)cc(OC(=O)N[C@@H](C)c3ccccc3)cc2[C@@H](C(=O)NC2C3CC4CC(C3)CC2C4)NC1=O. The summed E-state index contributed by atoms with van der Waals surface area (Å²) in [7, 11) is 1.28. The van der Waals surface area contributed by atoms with E-state index in [2.05, 4.69) is 42.5 Å². The maximum absolute atomic E-state index is 16.3. The Labute approximate surface area is 681 Å². The second-order valence-electron chi connectivity index (χ2n) is 32.7. The van der Waals surface area contributed by atoms with E-state index in [1.165, 1.54) is 50.4 Å². The number of ether oxygens (including phenoxy) is 6. The van der Waals surface area contributed by atoms with Crippen LogP contribution in [0.2, 0.25) is 5.02 Å². The van der Waals surface area contributed by atoms with Gasteiger partial charge in [-0.3, -0.25) is 43.3 Å². The highest BCUT2D eigenvalue weighted by atomic mass is 35.5. The molecule has 15 atom stereocenters. The number of phenols is 2. The lowest BCUT2D eigenvalue weighted by Gasteiger charge is -2.54. The van der Waals surface area contributed by atoms with E-state index in [0.717, 1.165) is 79.5 Å². The van der Waals surface area contributed by atoms with Crippen molar-refractivity contribution in [2.75, 3.05) is 13.7 Å². The largest absolute Gasteiger partial charge is 0.507 e. The second-order valence-corrected chi connectivity index (χ2v) is 33.1. The van der Waals surface area contributed by atoms with Gasteiger partial charge in [-0.05, 0) is 196 Å². The fraction of sp³-hybridized carbons (Fsp3) is 0.446. The number of aryl methyl sites for hydroxylation is 1. The molecule has 2 unspecified atom stereocenters. The molecule has 34 nitrogen and oxygen atoms in total. The summed E-state index contributed by atoms with van der Waals surface area (Å²) in [6.07, 6.45) is -11.9. The lowest BCUT2D eigenvalue weighted by Crippen LogP contribution is -2.61. The van der Waals surface area contributed by atoms with E-state index < -0.39 is 214 Å². The predicted molar refractivity (Wildman–Crippen MR) is 417 cm³/mol. The number of carbonyl (C=O) groups excluding carboxylic acids is 10. The Morgan fingerprint density at radius 3 is 1.88 bits per heavy atom. The summed E-state index contributed by atoms with van der Waals surface area (Å²) in [5.41, 5.74) is 3.48. The Kier molecular flexibility index (Phi) is 24.6. The average Bonchev–Trinajstić information content (AvgIpc) is 0.752. The summed E-state index contributed by atoms with van der Waals surface area (Å²) in [6.45, 7) is 10.5. The number of amides is 10. The van der Waals surface area contributed by atoms with Gasteiger partial charge in [0.2, 0.25) is 53.4 Å². The number of hydrogen-bond acceptors (Lipinski definition) is 24. The van der Waals surface area contributed by atoms with Crippen LogP contribution in [0.1, 0.15) is 155 Å². The van der Waals surface area contributed by atoms with Gasteiger partial charge in [-0.1, -0.05) is 74.0 Å². The van der Waals surface area contributed by atoms with Crippen LogP contribution >= 0.6 is 11.6 Å². The molecule has 6 heterocycles. The summed E-state index contributed by atoms with van der Waals surface area (Å²) in [5, 5.41) is 115. The molecule has 16 rings (SSSR count). The molecule has 628 valence electrons. The molecule has 1 saturated heterocycles. The van der Waals surface area contributed by atoms with E-state index in [1.807, 2.05) is 0 Å².